The summed E-state index contributed by atoms with van der Waals surface area (Å²) in [5, 5.41) is 3.95. The third kappa shape index (κ3) is 43.3. The normalized spacial score (nSPS) is 12.5. The SMILES string of the molecule is CCCCCCCCCCCCCCCC(CO[Si](CCCSC(=O)CCCCCCC)(OCCCCCCCCCCCC)OCCCCCCCCCCCC)NC. The van der Waals surface area contributed by atoms with Gasteiger partial charge in [-0.25, -0.2) is 0 Å². The number of carbonyl (C=O) groups is 1. The van der Waals surface area contributed by atoms with E-state index in [1.165, 1.54) is 236 Å². The fraction of sp³-hybridized carbons (Fsp3) is 0.981. The molecule has 7 heteroatoms. The molecule has 1 N–H and O–H groups in total. The molecule has 0 rings (SSSR count). The maximum Gasteiger partial charge on any atom is 0.501 e. The Morgan fingerprint density at radius 1 is 0.433 bits per heavy atom. The molecule has 360 valence electrons. The average Bonchev–Trinajstić information content (AvgIpc) is 3.26. The van der Waals surface area contributed by atoms with Gasteiger partial charge in [0.15, 0.2) is 5.12 Å². The maximum absolute atomic E-state index is 12.8. The molecule has 0 bridgehead atoms. The number of carbonyl (C=O) groups excluding carboxylic acids is 1. The molecule has 5 nitrogen and oxygen atoms in total. The molecule has 60 heavy (non-hydrogen) atoms. The van der Waals surface area contributed by atoms with Crippen LogP contribution in [0.15, 0.2) is 0 Å². The van der Waals surface area contributed by atoms with Crippen LogP contribution in [0.1, 0.15) is 291 Å². The summed E-state index contributed by atoms with van der Waals surface area (Å²) in [6.45, 7) is 11.3. The molecular formula is C53H109NO4SSi. The van der Waals surface area contributed by atoms with Gasteiger partial charge in [-0.2, -0.15) is 0 Å². The molecule has 0 aromatic rings. The van der Waals surface area contributed by atoms with Gasteiger partial charge in [-0.05, 0) is 39.2 Å². The van der Waals surface area contributed by atoms with Crippen molar-refractivity contribution < 1.29 is 18.1 Å². The lowest BCUT2D eigenvalue weighted by Gasteiger charge is -2.32. The number of hydrogen-bond acceptors (Lipinski definition) is 6. The predicted octanol–water partition coefficient (Wildman–Crippen LogP) is 17.9. The van der Waals surface area contributed by atoms with E-state index in [0.717, 1.165) is 57.1 Å². The van der Waals surface area contributed by atoms with Crippen LogP contribution < -0.4 is 5.32 Å². The summed E-state index contributed by atoms with van der Waals surface area (Å²) in [7, 11) is -0.829. The summed E-state index contributed by atoms with van der Waals surface area (Å²) in [6, 6.07) is 1.13. The largest absolute Gasteiger partial charge is 0.501 e. The Bertz CT molecular complexity index is 809. The second kappa shape index (κ2) is 50.1. The highest BCUT2D eigenvalue weighted by Gasteiger charge is 2.41. The highest BCUT2D eigenvalue weighted by atomic mass is 32.2. The molecule has 0 radical (unpaired) electrons. The molecule has 0 amide bonds. The first-order valence-corrected chi connectivity index (χ1v) is 30.2. The highest BCUT2D eigenvalue weighted by molar-refractivity contribution is 8.13. The topological polar surface area (TPSA) is 56.8 Å². The minimum Gasteiger partial charge on any atom is -0.373 e. The number of rotatable bonds is 52. The zero-order chi connectivity index (χ0) is 43.7. The van der Waals surface area contributed by atoms with E-state index in [4.69, 9.17) is 13.3 Å². The van der Waals surface area contributed by atoms with Gasteiger partial charge in [0, 0.05) is 37.5 Å². The molecule has 0 aromatic heterocycles. The highest BCUT2D eigenvalue weighted by Crippen LogP contribution is 2.24. The average molecular weight is 885 g/mol. The smallest absolute Gasteiger partial charge is 0.373 e. The van der Waals surface area contributed by atoms with Gasteiger partial charge >= 0.3 is 8.80 Å². The Morgan fingerprint density at radius 3 is 1.13 bits per heavy atom. The van der Waals surface area contributed by atoms with Crippen molar-refractivity contribution in [2.24, 2.45) is 0 Å². The lowest BCUT2D eigenvalue weighted by Crippen LogP contribution is -2.49. The number of hydrogen-bond donors (Lipinski definition) is 1. The van der Waals surface area contributed by atoms with Crippen LogP contribution in [-0.4, -0.2) is 52.6 Å². The van der Waals surface area contributed by atoms with Crippen molar-refractivity contribution >= 4 is 25.7 Å². The molecule has 1 unspecified atom stereocenters. The minimum absolute atomic E-state index is 0.315. The zero-order valence-corrected chi connectivity index (χ0v) is 43.5. The molecular weight excluding hydrogens is 775 g/mol. The molecule has 0 aliphatic heterocycles. The van der Waals surface area contributed by atoms with E-state index in [9.17, 15) is 4.79 Å². The molecule has 1 atom stereocenters. The number of thioether (sulfide) groups is 1. The lowest BCUT2D eigenvalue weighted by atomic mass is 10.0. The molecule has 0 fully saturated rings. The van der Waals surface area contributed by atoms with Crippen LogP contribution in [0.25, 0.3) is 0 Å². The van der Waals surface area contributed by atoms with Crippen molar-refractivity contribution in [3.8, 4) is 0 Å². The van der Waals surface area contributed by atoms with Gasteiger partial charge in [-0.15, -0.1) is 0 Å². The summed E-state index contributed by atoms with van der Waals surface area (Å²) in [6.07, 6.45) is 53.1. The summed E-state index contributed by atoms with van der Waals surface area (Å²) >= 11 is 1.53. The van der Waals surface area contributed by atoms with Crippen LogP contribution >= 0.6 is 11.8 Å². The van der Waals surface area contributed by atoms with Gasteiger partial charge in [0.25, 0.3) is 0 Å². The summed E-state index contributed by atoms with van der Waals surface area (Å²) in [5.41, 5.74) is 0. The van der Waals surface area contributed by atoms with Gasteiger partial charge in [-0.1, -0.05) is 264 Å². The van der Waals surface area contributed by atoms with Crippen molar-refractivity contribution in [2.45, 2.75) is 303 Å². The van der Waals surface area contributed by atoms with Crippen LogP contribution in [0, 0.1) is 0 Å². The zero-order valence-electron chi connectivity index (χ0n) is 41.6. The van der Waals surface area contributed by atoms with Gasteiger partial charge in [0.1, 0.15) is 0 Å². The maximum atomic E-state index is 12.8. The van der Waals surface area contributed by atoms with E-state index in [-0.39, 0.29) is 0 Å². The fourth-order valence-electron chi connectivity index (χ4n) is 8.34. The minimum atomic E-state index is -2.93. The Morgan fingerprint density at radius 2 is 0.767 bits per heavy atom. The molecule has 0 aliphatic carbocycles. The standard InChI is InChI=1S/C53H109NO4SSi/c1-6-10-14-18-21-24-27-28-29-30-33-37-40-45-52(54-5)51-58-60(50-44-49-59-53(55)46-41-36-17-13-9-4,56-47-42-38-34-31-25-22-19-15-11-7-2)57-48-43-39-35-32-26-23-20-16-12-8-3/h52,54H,6-51H2,1-5H3. The third-order valence-electron chi connectivity index (χ3n) is 12.6. The van der Waals surface area contributed by atoms with Crippen LogP contribution in [0.2, 0.25) is 6.04 Å². The molecule has 0 aromatic carbocycles. The van der Waals surface area contributed by atoms with Crippen molar-refractivity contribution in [1.82, 2.24) is 5.32 Å². The number of unbranched alkanes of at least 4 members (excludes halogenated alkanes) is 34. The quantitative estimate of drug-likeness (QED) is 0.0485. The Kier molecular flexibility index (Phi) is 50.1. The van der Waals surface area contributed by atoms with Crippen LogP contribution in [0.3, 0.4) is 0 Å². The third-order valence-corrected chi connectivity index (χ3v) is 16.5. The molecule has 0 saturated carbocycles. The molecule has 0 aliphatic rings. The Hall–Kier alpha value is 0.0769. The summed E-state index contributed by atoms with van der Waals surface area (Å²) < 4.78 is 20.8. The van der Waals surface area contributed by atoms with Crippen molar-refractivity contribution in [1.29, 1.82) is 0 Å². The van der Waals surface area contributed by atoms with Gasteiger partial charge in [0.2, 0.25) is 0 Å². The van der Waals surface area contributed by atoms with Gasteiger partial charge < -0.3 is 18.6 Å². The van der Waals surface area contributed by atoms with Gasteiger partial charge in [0.05, 0.1) is 6.61 Å². The summed E-state index contributed by atoms with van der Waals surface area (Å²) in [4.78, 5) is 12.8. The van der Waals surface area contributed by atoms with E-state index >= 15 is 0 Å². The number of nitrogens with one attached hydrogen (secondary N) is 1. The van der Waals surface area contributed by atoms with Crippen molar-refractivity contribution in [3.05, 3.63) is 0 Å². The fourth-order valence-corrected chi connectivity index (χ4v) is 12.1. The van der Waals surface area contributed by atoms with Crippen LogP contribution in [0.4, 0.5) is 0 Å². The summed E-state index contributed by atoms with van der Waals surface area (Å²) in [5.74, 6) is 0.837. The van der Waals surface area contributed by atoms with E-state index in [1.807, 2.05) is 0 Å². The Balaban J connectivity index is 5.19. The lowest BCUT2D eigenvalue weighted by molar-refractivity contribution is -0.111. The second-order valence-electron chi connectivity index (χ2n) is 18.6. The monoisotopic (exact) mass is 884 g/mol. The van der Waals surface area contributed by atoms with E-state index in [2.05, 4.69) is 40.1 Å². The first-order valence-electron chi connectivity index (χ1n) is 27.3. The van der Waals surface area contributed by atoms with E-state index < -0.39 is 8.80 Å². The van der Waals surface area contributed by atoms with Crippen molar-refractivity contribution in [3.63, 3.8) is 0 Å². The first kappa shape index (κ1) is 60.1. The Labute approximate surface area is 383 Å². The predicted molar refractivity (Wildman–Crippen MR) is 271 cm³/mol. The van der Waals surface area contributed by atoms with Crippen LogP contribution in [0.5, 0.6) is 0 Å². The second-order valence-corrected chi connectivity index (χ2v) is 22.4. The first-order chi connectivity index (χ1) is 29.6. The van der Waals surface area contributed by atoms with Crippen molar-refractivity contribution in [2.75, 3.05) is 32.6 Å². The molecule has 0 heterocycles. The number of likely N-dealkylation sites (N-methyl/N-ethyl adjacent to an activating group) is 1. The van der Waals surface area contributed by atoms with Gasteiger partial charge in [-0.3, -0.25) is 4.79 Å². The molecule has 0 spiro atoms. The van der Waals surface area contributed by atoms with E-state index in [0.29, 0.717) is 24.2 Å². The van der Waals surface area contributed by atoms with Crippen LogP contribution in [-0.2, 0) is 18.1 Å². The van der Waals surface area contributed by atoms with E-state index in [1.54, 1.807) is 0 Å². The molecule has 0 saturated heterocycles.